The molecule has 0 bridgehead atoms. The molecule has 170 valence electrons. The second-order valence-electron chi connectivity index (χ2n) is 8.99. The highest BCUT2D eigenvalue weighted by Gasteiger charge is 2.17. The van der Waals surface area contributed by atoms with Crippen molar-refractivity contribution >= 4 is 101 Å². The summed E-state index contributed by atoms with van der Waals surface area (Å²) in [5, 5.41) is 5.39. The molecule has 0 spiro atoms. The standard InChI is InChI=1S/C32H19NS3/c1-2-8-20(9-3-1)33(21-14-16-24-23-10-4-6-12-27(23)34-29(24)18-21)22-15-17-26-30(19-22)36-31-25-11-5-7-13-28(25)35-32(26)31/h1-19H. The molecule has 0 N–H and O–H groups in total. The maximum Gasteiger partial charge on any atom is 0.0542 e. The summed E-state index contributed by atoms with van der Waals surface area (Å²) in [6.45, 7) is 0. The first kappa shape index (κ1) is 20.5. The van der Waals surface area contributed by atoms with Gasteiger partial charge in [-0.3, -0.25) is 0 Å². The number of fused-ring (bicyclic) bond motifs is 8. The van der Waals surface area contributed by atoms with Crippen LogP contribution in [-0.4, -0.2) is 0 Å². The number of rotatable bonds is 3. The van der Waals surface area contributed by atoms with Gasteiger partial charge >= 0.3 is 0 Å². The molecule has 0 saturated carbocycles. The van der Waals surface area contributed by atoms with Crippen LogP contribution >= 0.6 is 34.0 Å². The summed E-state index contributed by atoms with van der Waals surface area (Å²) in [4.78, 5) is 2.38. The number of para-hydroxylation sites is 1. The fourth-order valence-corrected chi connectivity index (χ4v) is 9.04. The first-order valence-corrected chi connectivity index (χ1v) is 14.4. The van der Waals surface area contributed by atoms with Crippen LogP contribution < -0.4 is 4.90 Å². The van der Waals surface area contributed by atoms with Crippen LogP contribution in [0.4, 0.5) is 17.1 Å². The van der Waals surface area contributed by atoms with Crippen LogP contribution in [-0.2, 0) is 0 Å². The van der Waals surface area contributed by atoms with E-state index in [0.717, 1.165) is 0 Å². The van der Waals surface area contributed by atoms with Crippen molar-refractivity contribution in [2.24, 2.45) is 0 Å². The average Bonchev–Trinajstić information content (AvgIpc) is 3.58. The highest BCUT2D eigenvalue weighted by atomic mass is 32.1. The van der Waals surface area contributed by atoms with Gasteiger partial charge in [-0.15, -0.1) is 34.0 Å². The first-order valence-electron chi connectivity index (χ1n) is 11.9. The molecule has 0 saturated heterocycles. The third kappa shape index (κ3) is 3.05. The number of benzene rings is 5. The summed E-state index contributed by atoms with van der Waals surface area (Å²) < 4.78 is 8.17. The monoisotopic (exact) mass is 513 g/mol. The van der Waals surface area contributed by atoms with Gasteiger partial charge in [0.25, 0.3) is 0 Å². The van der Waals surface area contributed by atoms with E-state index in [1.807, 2.05) is 34.0 Å². The Hall–Kier alpha value is -3.70. The molecule has 8 aromatic rings. The van der Waals surface area contributed by atoms with Crippen molar-refractivity contribution in [2.75, 3.05) is 4.90 Å². The van der Waals surface area contributed by atoms with E-state index < -0.39 is 0 Å². The highest BCUT2D eigenvalue weighted by molar-refractivity contribution is 7.36. The van der Waals surface area contributed by atoms with E-state index in [2.05, 4.69) is 120 Å². The largest absolute Gasteiger partial charge is 0.310 e. The van der Waals surface area contributed by atoms with E-state index in [1.165, 1.54) is 66.8 Å². The predicted octanol–water partition coefficient (Wildman–Crippen LogP) is 11.1. The highest BCUT2D eigenvalue weighted by Crippen LogP contribution is 2.46. The van der Waals surface area contributed by atoms with E-state index in [4.69, 9.17) is 0 Å². The Morgan fingerprint density at radius 1 is 0.361 bits per heavy atom. The zero-order valence-corrected chi connectivity index (χ0v) is 21.6. The van der Waals surface area contributed by atoms with Crippen LogP contribution in [0.25, 0.3) is 49.7 Å². The molecule has 1 nitrogen and oxygen atoms in total. The minimum Gasteiger partial charge on any atom is -0.310 e. The van der Waals surface area contributed by atoms with Crippen molar-refractivity contribution < 1.29 is 0 Å². The fourth-order valence-electron chi connectivity index (χ4n) is 5.21. The number of nitrogens with zero attached hydrogens (tertiary/aromatic N) is 1. The summed E-state index contributed by atoms with van der Waals surface area (Å²) in [6, 6.07) is 42.0. The number of thiophene rings is 3. The van der Waals surface area contributed by atoms with Crippen LogP contribution in [0, 0.1) is 0 Å². The van der Waals surface area contributed by atoms with Crippen LogP contribution in [0.1, 0.15) is 0 Å². The molecule has 8 rings (SSSR count). The third-order valence-electron chi connectivity index (χ3n) is 6.86. The van der Waals surface area contributed by atoms with Gasteiger partial charge in [-0.2, -0.15) is 0 Å². The van der Waals surface area contributed by atoms with Crippen LogP contribution in [0.15, 0.2) is 115 Å². The van der Waals surface area contributed by atoms with E-state index in [-0.39, 0.29) is 0 Å². The molecule has 0 aliphatic carbocycles. The molecule has 0 atom stereocenters. The van der Waals surface area contributed by atoms with E-state index in [1.54, 1.807) is 0 Å². The Labute approximate surface area is 220 Å². The maximum absolute atomic E-state index is 2.38. The van der Waals surface area contributed by atoms with Gasteiger partial charge in [0.2, 0.25) is 0 Å². The first-order chi connectivity index (χ1) is 17.8. The van der Waals surface area contributed by atoms with E-state index >= 15 is 0 Å². The van der Waals surface area contributed by atoms with Gasteiger partial charge in [0.1, 0.15) is 0 Å². The minimum absolute atomic E-state index is 1.17. The normalized spacial score (nSPS) is 11.9. The van der Waals surface area contributed by atoms with Gasteiger partial charge in [0.05, 0.1) is 9.40 Å². The molecule has 0 radical (unpaired) electrons. The maximum atomic E-state index is 2.38. The van der Waals surface area contributed by atoms with E-state index in [0.29, 0.717) is 0 Å². The third-order valence-corrected chi connectivity index (χ3v) is 10.5. The van der Waals surface area contributed by atoms with Gasteiger partial charge < -0.3 is 4.90 Å². The van der Waals surface area contributed by atoms with E-state index in [9.17, 15) is 0 Å². The average molecular weight is 514 g/mol. The topological polar surface area (TPSA) is 3.24 Å². The lowest BCUT2D eigenvalue weighted by Crippen LogP contribution is -2.09. The Balaban J connectivity index is 1.34. The molecule has 0 fully saturated rings. The molecule has 0 unspecified atom stereocenters. The molecular formula is C32H19NS3. The Morgan fingerprint density at radius 3 is 1.61 bits per heavy atom. The van der Waals surface area contributed by atoms with Gasteiger partial charge in [-0.05, 0) is 48.5 Å². The number of hydrogen-bond donors (Lipinski definition) is 0. The second kappa shape index (κ2) is 7.90. The molecule has 3 heterocycles. The Kier molecular flexibility index (Phi) is 4.50. The van der Waals surface area contributed by atoms with Crippen molar-refractivity contribution in [3.8, 4) is 0 Å². The molecule has 3 aromatic heterocycles. The minimum atomic E-state index is 1.17. The van der Waals surface area contributed by atoms with Gasteiger partial charge in [-0.25, -0.2) is 0 Å². The zero-order chi connectivity index (χ0) is 23.6. The summed E-state index contributed by atoms with van der Waals surface area (Å²) in [5.41, 5.74) is 3.54. The molecule has 5 aromatic carbocycles. The molecule has 4 heteroatoms. The van der Waals surface area contributed by atoms with Crippen molar-refractivity contribution in [3.63, 3.8) is 0 Å². The van der Waals surface area contributed by atoms with Crippen LogP contribution in [0.5, 0.6) is 0 Å². The zero-order valence-electron chi connectivity index (χ0n) is 19.1. The molecule has 0 aliphatic rings. The lowest BCUT2D eigenvalue weighted by Gasteiger charge is -2.25. The second-order valence-corrected chi connectivity index (χ2v) is 12.2. The van der Waals surface area contributed by atoms with Crippen LogP contribution in [0.3, 0.4) is 0 Å². The smallest absolute Gasteiger partial charge is 0.0542 e. The number of anilines is 3. The van der Waals surface area contributed by atoms with Crippen molar-refractivity contribution in [2.45, 2.75) is 0 Å². The molecular weight excluding hydrogens is 495 g/mol. The summed E-state index contributed by atoms with van der Waals surface area (Å²) in [7, 11) is 0. The Morgan fingerprint density at radius 2 is 0.861 bits per heavy atom. The Bertz CT molecular complexity index is 2060. The van der Waals surface area contributed by atoms with Crippen molar-refractivity contribution in [1.82, 2.24) is 0 Å². The molecule has 0 amide bonds. The molecule has 36 heavy (non-hydrogen) atoms. The predicted molar refractivity (Wildman–Crippen MR) is 162 cm³/mol. The lowest BCUT2D eigenvalue weighted by atomic mass is 10.1. The summed E-state index contributed by atoms with van der Waals surface area (Å²) in [5.74, 6) is 0. The van der Waals surface area contributed by atoms with Gasteiger partial charge in [-0.1, -0.05) is 66.7 Å². The SMILES string of the molecule is c1ccc(N(c2ccc3c(c2)sc2ccccc23)c2ccc3c(c2)sc2c4ccccc4sc32)cc1. The number of hydrogen-bond acceptors (Lipinski definition) is 4. The molecule has 0 aliphatic heterocycles. The summed E-state index contributed by atoms with van der Waals surface area (Å²) in [6.07, 6.45) is 0. The van der Waals surface area contributed by atoms with Gasteiger partial charge in [0.15, 0.2) is 0 Å². The van der Waals surface area contributed by atoms with Gasteiger partial charge in [0, 0.05) is 57.4 Å². The lowest BCUT2D eigenvalue weighted by molar-refractivity contribution is 1.30. The quantitative estimate of drug-likeness (QED) is 0.227. The van der Waals surface area contributed by atoms with Crippen molar-refractivity contribution in [1.29, 1.82) is 0 Å². The van der Waals surface area contributed by atoms with Crippen LogP contribution in [0.2, 0.25) is 0 Å². The fraction of sp³-hybridized carbons (Fsp3) is 0. The van der Waals surface area contributed by atoms with Crippen molar-refractivity contribution in [3.05, 3.63) is 115 Å². The summed E-state index contributed by atoms with van der Waals surface area (Å²) >= 11 is 5.69.